The molecule has 1 aliphatic rings. The van der Waals surface area contributed by atoms with E-state index in [2.05, 4.69) is 32.2 Å². The third-order valence-corrected chi connectivity index (χ3v) is 5.84. The first-order valence-electron chi connectivity index (χ1n) is 10.7. The van der Waals surface area contributed by atoms with Crippen molar-refractivity contribution in [3.05, 3.63) is 65.2 Å². The fourth-order valence-electron chi connectivity index (χ4n) is 3.88. The van der Waals surface area contributed by atoms with Crippen molar-refractivity contribution in [1.82, 2.24) is 10.2 Å². The van der Waals surface area contributed by atoms with Gasteiger partial charge in [-0.3, -0.25) is 9.69 Å². The molecular weight excluding hydrogens is 392 g/mol. The molecule has 1 saturated heterocycles. The lowest BCUT2D eigenvalue weighted by molar-refractivity contribution is -0.132. The topological polar surface area (TPSA) is 78.9 Å². The van der Waals surface area contributed by atoms with E-state index in [1.807, 2.05) is 56.3 Å². The Balaban J connectivity index is 1.66. The SMILES string of the molecule is CCC1(c2ccccc2)NC(=O)N(CC(O)COc2ccc(C(C)(C)C)cc2C)C1=O. The molecule has 31 heavy (non-hydrogen) atoms. The molecule has 2 aromatic rings. The molecule has 3 amide bonds. The summed E-state index contributed by atoms with van der Waals surface area (Å²) in [6.45, 7) is 10.1. The van der Waals surface area contributed by atoms with E-state index in [4.69, 9.17) is 4.74 Å². The molecule has 3 rings (SSSR count). The minimum absolute atomic E-state index is 0.0166. The number of aliphatic hydroxyl groups excluding tert-OH is 1. The normalized spacial score (nSPS) is 20.0. The molecule has 2 unspecified atom stereocenters. The van der Waals surface area contributed by atoms with Crippen molar-refractivity contribution in [2.75, 3.05) is 13.2 Å². The Labute approximate surface area is 184 Å². The number of amides is 3. The second kappa shape index (κ2) is 8.71. The van der Waals surface area contributed by atoms with Gasteiger partial charge in [0.2, 0.25) is 0 Å². The van der Waals surface area contributed by atoms with Gasteiger partial charge in [0, 0.05) is 0 Å². The van der Waals surface area contributed by atoms with Crippen LogP contribution < -0.4 is 10.1 Å². The Bertz CT molecular complexity index is 952. The quantitative estimate of drug-likeness (QED) is 0.661. The molecule has 0 saturated carbocycles. The zero-order valence-corrected chi connectivity index (χ0v) is 18.9. The summed E-state index contributed by atoms with van der Waals surface area (Å²) in [5.41, 5.74) is 1.85. The molecule has 6 nitrogen and oxygen atoms in total. The number of hydrogen-bond donors (Lipinski definition) is 2. The van der Waals surface area contributed by atoms with Crippen molar-refractivity contribution in [2.45, 2.75) is 58.1 Å². The molecule has 0 bridgehead atoms. The molecule has 1 fully saturated rings. The lowest BCUT2D eigenvalue weighted by atomic mass is 9.86. The van der Waals surface area contributed by atoms with E-state index < -0.39 is 17.7 Å². The maximum absolute atomic E-state index is 13.2. The lowest BCUT2D eigenvalue weighted by Crippen LogP contribution is -2.44. The standard InChI is InChI=1S/C25H32N2O4/c1-6-25(18-10-8-7-9-11-18)22(29)27(23(30)26-25)15-20(28)16-31-21-13-12-19(14-17(21)2)24(3,4)5/h7-14,20,28H,6,15-16H2,1-5H3,(H,26,30). The Morgan fingerprint density at radius 3 is 2.39 bits per heavy atom. The van der Waals surface area contributed by atoms with Crippen LogP contribution in [-0.2, 0) is 15.7 Å². The third kappa shape index (κ3) is 4.59. The van der Waals surface area contributed by atoms with Gasteiger partial charge in [-0.2, -0.15) is 0 Å². The fourth-order valence-corrected chi connectivity index (χ4v) is 3.88. The highest BCUT2D eigenvalue weighted by Crippen LogP contribution is 2.32. The number of aliphatic hydroxyl groups is 1. The zero-order chi connectivity index (χ0) is 22.8. The second-order valence-electron chi connectivity index (χ2n) is 9.17. The predicted molar refractivity (Wildman–Crippen MR) is 120 cm³/mol. The van der Waals surface area contributed by atoms with Crippen LogP contribution in [0.4, 0.5) is 4.79 Å². The molecule has 2 N–H and O–H groups in total. The summed E-state index contributed by atoms with van der Waals surface area (Å²) in [4.78, 5) is 26.8. The number of hydrogen-bond acceptors (Lipinski definition) is 4. The molecule has 0 aromatic heterocycles. The Kier molecular flexibility index (Phi) is 6.41. The number of ether oxygens (including phenoxy) is 1. The first kappa shape index (κ1) is 22.8. The van der Waals surface area contributed by atoms with E-state index in [9.17, 15) is 14.7 Å². The highest BCUT2D eigenvalue weighted by molar-refractivity contribution is 6.07. The fraction of sp³-hybridized carbons (Fsp3) is 0.440. The van der Waals surface area contributed by atoms with Crippen LogP contribution in [0, 0.1) is 6.92 Å². The van der Waals surface area contributed by atoms with Crippen LogP contribution in [0.5, 0.6) is 5.75 Å². The number of aryl methyl sites for hydroxylation is 1. The van der Waals surface area contributed by atoms with Crippen molar-refractivity contribution >= 4 is 11.9 Å². The van der Waals surface area contributed by atoms with Crippen LogP contribution >= 0.6 is 0 Å². The minimum atomic E-state index is -1.10. The Morgan fingerprint density at radius 1 is 1.13 bits per heavy atom. The summed E-state index contributed by atoms with van der Waals surface area (Å²) < 4.78 is 5.79. The molecule has 2 aromatic carbocycles. The third-order valence-electron chi connectivity index (χ3n) is 5.84. The van der Waals surface area contributed by atoms with E-state index in [1.54, 1.807) is 0 Å². The summed E-state index contributed by atoms with van der Waals surface area (Å²) in [5.74, 6) is 0.326. The number of urea groups is 1. The van der Waals surface area contributed by atoms with Gasteiger partial charge in [-0.25, -0.2) is 4.79 Å². The first-order valence-corrected chi connectivity index (χ1v) is 10.7. The number of β-amino-alcohol motifs (C(OH)–C–C–N with tert-alkyl or cyclic N) is 1. The molecule has 2 atom stereocenters. The molecule has 1 heterocycles. The van der Waals surface area contributed by atoms with Crippen LogP contribution in [-0.4, -0.2) is 41.2 Å². The predicted octanol–water partition coefficient (Wildman–Crippen LogP) is 3.89. The van der Waals surface area contributed by atoms with Crippen LogP contribution in [0.3, 0.4) is 0 Å². The minimum Gasteiger partial charge on any atom is -0.491 e. The summed E-state index contributed by atoms with van der Waals surface area (Å²) >= 11 is 0. The van der Waals surface area contributed by atoms with E-state index in [-0.39, 0.29) is 24.5 Å². The van der Waals surface area contributed by atoms with Crippen LogP contribution in [0.25, 0.3) is 0 Å². The van der Waals surface area contributed by atoms with Gasteiger partial charge in [0.25, 0.3) is 5.91 Å². The number of benzene rings is 2. The monoisotopic (exact) mass is 424 g/mol. The average molecular weight is 425 g/mol. The number of nitrogens with zero attached hydrogens (tertiary/aromatic N) is 1. The maximum Gasteiger partial charge on any atom is 0.325 e. The molecule has 166 valence electrons. The Morgan fingerprint density at radius 2 is 1.81 bits per heavy atom. The number of carbonyl (C=O) groups is 2. The second-order valence-corrected chi connectivity index (χ2v) is 9.17. The van der Waals surface area contributed by atoms with Gasteiger partial charge in [-0.05, 0) is 41.5 Å². The number of carbonyl (C=O) groups excluding carboxylic acids is 2. The molecule has 0 radical (unpaired) electrons. The smallest absolute Gasteiger partial charge is 0.325 e. The van der Waals surface area contributed by atoms with E-state index in [0.717, 1.165) is 16.0 Å². The van der Waals surface area contributed by atoms with Gasteiger partial charge < -0.3 is 15.2 Å². The number of rotatable bonds is 7. The van der Waals surface area contributed by atoms with Gasteiger partial charge in [-0.1, -0.05) is 70.2 Å². The van der Waals surface area contributed by atoms with Crippen molar-refractivity contribution in [1.29, 1.82) is 0 Å². The van der Waals surface area contributed by atoms with E-state index in [1.165, 1.54) is 5.56 Å². The van der Waals surface area contributed by atoms with Gasteiger partial charge >= 0.3 is 6.03 Å². The van der Waals surface area contributed by atoms with Crippen molar-refractivity contribution in [3.63, 3.8) is 0 Å². The summed E-state index contributed by atoms with van der Waals surface area (Å²) in [5, 5.41) is 13.3. The molecule has 0 aliphatic carbocycles. The van der Waals surface area contributed by atoms with Gasteiger partial charge in [-0.15, -0.1) is 0 Å². The maximum atomic E-state index is 13.2. The number of nitrogens with one attached hydrogen (secondary N) is 1. The molecular formula is C25H32N2O4. The van der Waals surface area contributed by atoms with Crippen LogP contribution in [0.2, 0.25) is 0 Å². The summed E-state index contributed by atoms with van der Waals surface area (Å²) in [6.07, 6.45) is -0.580. The van der Waals surface area contributed by atoms with Gasteiger partial charge in [0.15, 0.2) is 0 Å². The summed E-state index contributed by atoms with van der Waals surface area (Å²) in [6, 6.07) is 14.7. The lowest BCUT2D eigenvalue weighted by Gasteiger charge is -2.26. The highest BCUT2D eigenvalue weighted by atomic mass is 16.5. The van der Waals surface area contributed by atoms with Crippen molar-refractivity contribution < 1.29 is 19.4 Å². The van der Waals surface area contributed by atoms with E-state index in [0.29, 0.717) is 12.2 Å². The zero-order valence-electron chi connectivity index (χ0n) is 18.9. The first-order chi connectivity index (χ1) is 14.6. The van der Waals surface area contributed by atoms with Crippen LogP contribution in [0.1, 0.15) is 50.8 Å². The highest BCUT2D eigenvalue weighted by Gasteiger charge is 2.51. The van der Waals surface area contributed by atoms with Crippen molar-refractivity contribution in [2.24, 2.45) is 0 Å². The molecule has 6 heteroatoms. The van der Waals surface area contributed by atoms with Gasteiger partial charge in [0.05, 0.1) is 6.54 Å². The molecule has 1 aliphatic heterocycles. The molecule has 0 spiro atoms. The Hall–Kier alpha value is -2.86. The largest absolute Gasteiger partial charge is 0.491 e. The van der Waals surface area contributed by atoms with Crippen LogP contribution in [0.15, 0.2) is 48.5 Å². The average Bonchev–Trinajstić information content (AvgIpc) is 2.98. The van der Waals surface area contributed by atoms with Gasteiger partial charge in [0.1, 0.15) is 24.0 Å². The van der Waals surface area contributed by atoms with Crippen molar-refractivity contribution in [3.8, 4) is 5.75 Å². The number of imide groups is 1. The summed E-state index contributed by atoms with van der Waals surface area (Å²) in [7, 11) is 0. The van der Waals surface area contributed by atoms with E-state index >= 15 is 0 Å².